The number of ether oxygens (including phenoxy) is 4. The fraction of sp³-hybridized carbons (Fsp3) is 0.375. The first kappa shape index (κ1) is 28.2. The van der Waals surface area contributed by atoms with Gasteiger partial charge in [0, 0.05) is 24.8 Å². The first-order valence-electron chi connectivity index (χ1n) is 13.5. The van der Waals surface area contributed by atoms with E-state index in [-0.39, 0.29) is 12.4 Å². The zero-order valence-corrected chi connectivity index (χ0v) is 22.3. The summed E-state index contributed by atoms with van der Waals surface area (Å²) in [5.41, 5.74) is 1.97. The van der Waals surface area contributed by atoms with Gasteiger partial charge in [-0.1, -0.05) is 60.7 Å². The maximum absolute atomic E-state index is 12.1. The van der Waals surface area contributed by atoms with E-state index in [2.05, 4.69) is 24.3 Å². The summed E-state index contributed by atoms with van der Waals surface area (Å²) in [6.07, 6.45) is 3.93. The molecule has 0 saturated carbocycles. The Morgan fingerprint density at radius 2 is 1.51 bits per heavy atom. The lowest BCUT2D eigenvalue weighted by atomic mass is 9.79. The third-order valence-electron chi connectivity index (χ3n) is 6.86. The molecule has 1 atom stereocenters. The van der Waals surface area contributed by atoms with Crippen molar-refractivity contribution < 1.29 is 33.6 Å². The number of carbonyl (C=O) groups excluding carboxylic acids is 1. The predicted octanol–water partition coefficient (Wildman–Crippen LogP) is 6.47. The van der Waals surface area contributed by atoms with Crippen LogP contribution in [0.5, 0.6) is 11.5 Å². The van der Waals surface area contributed by atoms with Crippen molar-refractivity contribution in [1.29, 1.82) is 0 Å². The van der Waals surface area contributed by atoms with Gasteiger partial charge in [-0.25, -0.2) is 0 Å². The Morgan fingerprint density at radius 1 is 0.846 bits per heavy atom. The number of unbranched alkanes of at least 4 members (excludes halogenated alkanes) is 3. The second-order valence-corrected chi connectivity index (χ2v) is 9.61. The molecule has 4 rings (SSSR count). The molecule has 3 aromatic carbocycles. The van der Waals surface area contributed by atoms with Crippen LogP contribution in [0.3, 0.4) is 0 Å². The standard InChI is InChI=1S/C32H36O7/c1-36-26-20-21-28-27(23-26)32(24-13-5-2-6-14-24,25-15-7-3-8-16-25)39-31(38-28)19-11-10-18-30(35)37-22-12-4-9-17-29(33)34/h2-3,5-8,13-16,20-21,23,31H,4,9-12,17-19,22H2,1H3,(H,33,34). The average molecular weight is 533 g/mol. The van der Waals surface area contributed by atoms with Gasteiger partial charge in [-0.2, -0.15) is 0 Å². The minimum absolute atomic E-state index is 0.146. The van der Waals surface area contributed by atoms with Crippen molar-refractivity contribution in [3.05, 3.63) is 95.6 Å². The van der Waals surface area contributed by atoms with Crippen LogP contribution >= 0.6 is 0 Å². The molecular weight excluding hydrogens is 496 g/mol. The number of methoxy groups -OCH3 is 1. The van der Waals surface area contributed by atoms with Gasteiger partial charge in [0.2, 0.25) is 6.29 Å². The minimum atomic E-state index is -0.894. The van der Waals surface area contributed by atoms with Crippen LogP contribution in [0.15, 0.2) is 78.9 Å². The van der Waals surface area contributed by atoms with E-state index in [4.69, 9.17) is 24.1 Å². The Morgan fingerprint density at radius 3 is 2.15 bits per heavy atom. The number of carboxylic acid groups (broad SMARTS) is 1. The van der Waals surface area contributed by atoms with E-state index in [1.54, 1.807) is 7.11 Å². The number of esters is 1. The number of carbonyl (C=O) groups is 2. The van der Waals surface area contributed by atoms with Crippen LogP contribution in [0.2, 0.25) is 0 Å². The zero-order chi connectivity index (χ0) is 27.5. The number of hydrogen-bond acceptors (Lipinski definition) is 6. The molecule has 7 heteroatoms. The van der Waals surface area contributed by atoms with Crippen LogP contribution in [-0.4, -0.2) is 37.1 Å². The van der Waals surface area contributed by atoms with Gasteiger partial charge in [-0.15, -0.1) is 0 Å². The van der Waals surface area contributed by atoms with Crippen molar-refractivity contribution >= 4 is 11.9 Å². The third-order valence-corrected chi connectivity index (χ3v) is 6.86. The number of benzene rings is 3. The Kier molecular flexibility index (Phi) is 9.97. The summed E-state index contributed by atoms with van der Waals surface area (Å²) >= 11 is 0. The van der Waals surface area contributed by atoms with E-state index in [9.17, 15) is 9.59 Å². The maximum atomic E-state index is 12.1. The Balaban J connectivity index is 1.43. The van der Waals surface area contributed by atoms with Gasteiger partial charge in [0.05, 0.1) is 13.7 Å². The highest BCUT2D eigenvalue weighted by atomic mass is 16.7. The number of hydrogen-bond donors (Lipinski definition) is 1. The first-order valence-corrected chi connectivity index (χ1v) is 13.5. The highest BCUT2D eigenvalue weighted by molar-refractivity contribution is 5.69. The van der Waals surface area contributed by atoms with Crippen molar-refractivity contribution in [3.63, 3.8) is 0 Å². The van der Waals surface area contributed by atoms with Crippen molar-refractivity contribution in [2.75, 3.05) is 13.7 Å². The van der Waals surface area contributed by atoms with E-state index in [0.29, 0.717) is 38.7 Å². The summed E-state index contributed by atoms with van der Waals surface area (Å²) in [6.45, 7) is 0.324. The molecule has 0 radical (unpaired) electrons. The van der Waals surface area contributed by atoms with Crippen LogP contribution in [0.4, 0.5) is 0 Å². The van der Waals surface area contributed by atoms with Crippen LogP contribution < -0.4 is 9.47 Å². The molecule has 206 valence electrons. The van der Waals surface area contributed by atoms with Gasteiger partial charge in [-0.05, 0) is 61.4 Å². The number of aliphatic carboxylic acids is 1. The minimum Gasteiger partial charge on any atom is -0.497 e. The Hall–Kier alpha value is -3.84. The van der Waals surface area contributed by atoms with E-state index in [1.807, 2.05) is 54.6 Å². The normalized spacial score (nSPS) is 15.6. The molecule has 0 fully saturated rings. The molecular formula is C32H36O7. The van der Waals surface area contributed by atoms with E-state index in [1.165, 1.54) is 0 Å². The van der Waals surface area contributed by atoms with E-state index in [0.717, 1.165) is 41.0 Å². The van der Waals surface area contributed by atoms with Gasteiger partial charge < -0.3 is 24.1 Å². The molecule has 0 saturated heterocycles. The molecule has 1 aliphatic heterocycles. The molecule has 0 aliphatic carbocycles. The summed E-state index contributed by atoms with van der Waals surface area (Å²) in [5.74, 6) is 0.420. The molecule has 0 spiro atoms. The molecule has 1 N–H and O–H groups in total. The van der Waals surface area contributed by atoms with Crippen LogP contribution in [0.25, 0.3) is 0 Å². The highest BCUT2D eigenvalue weighted by Gasteiger charge is 2.46. The van der Waals surface area contributed by atoms with Gasteiger partial charge in [0.15, 0.2) is 5.60 Å². The topological polar surface area (TPSA) is 91.3 Å². The van der Waals surface area contributed by atoms with Crippen LogP contribution in [-0.2, 0) is 24.7 Å². The summed E-state index contributed by atoms with van der Waals surface area (Å²) in [6, 6.07) is 26.1. The van der Waals surface area contributed by atoms with Gasteiger partial charge in [-0.3, -0.25) is 9.59 Å². The van der Waals surface area contributed by atoms with Crippen molar-refractivity contribution in [2.45, 2.75) is 63.3 Å². The predicted molar refractivity (Wildman–Crippen MR) is 147 cm³/mol. The van der Waals surface area contributed by atoms with E-state index < -0.39 is 17.9 Å². The molecule has 1 unspecified atom stereocenters. The molecule has 1 aliphatic rings. The highest BCUT2D eigenvalue weighted by Crippen LogP contribution is 2.49. The maximum Gasteiger partial charge on any atom is 0.305 e. The smallest absolute Gasteiger partial charge is 0.305 e. The average Bonchev–Trinajstić information content (AvgIpc) is 2.97. The van der Waals surface area contributed by atoms with Gasteiger partial charge in [0.1, 0.15) is 11.5 Å². The van der Waals surface area contributed by atoms with Crippen molar-refractivity contribution in [3.8, 4) is 11.5 Å². The molecule has 39 heavy (non-hydrogen) atoms. The second kappa shape index (κ2) is 13.8. The molecule has 7 nitrogen and oxygen atoms in total. The van der Waals surface area contributed by atoms with Crippen molar-refractivity contribution in [1.82, 2.24) is 0 Å². The monoisotopic (exact) mass is 532 g/mol. The first-order chi connectivity index (χ1) is 19.0. The van der Waals surface area contributed by atoms with E-state index >= 15 is 0 Å². The van der Waals surface area contributed by atoms with Gasteiger partial charge in [0.25, 0.3) is 0 Å². The molecule has 0 amide bonds. The Labute approximate surface area is 229 Å². The largest absolute Gasteiger partial charge is 0.497 e. The van der Waals surface area contributed by atoms with Crippen LogP contribution in [0.1, 0.15) is 68.1 Å². The molecule has 0 aromatic heterocycles. The molecule has 0 bridgehead atoms. The SMILES string of the molecule is COc1ccc2c(c1)C(c1ccccc1)(c1ccccc1)OC(CCCCC(=O)OCCCCCC(=O)O)O2. The lowest BCUT2D eigenvalue weighted by molar-refractivity contribution is -0.167. The third kappa shape index (κ3) is 7.18. The van der Waals surface area contributed by atoms with Crippen molar-refractivity contribution in [2.24, 2.45) is 0 Å². The van der Waals surface area contributed by atoms with Crippen LogP contribution in [0, 0.1) is 0 Å². The summed E-state index contributed by atoms with van der Waals surface area (Å²) in [5, 5.41) is 8.68. The Bertz CT molecular complexity index is 1170. The number of rotatable bonds is 14. The fourth-order valence-electron chi connectivity index (χ4n) is 4.91. The second-order valence-electron chi connectivity index (χ2n) is 9.61. The van der Waals surface area contributed by atoms with Gasteiger partial charge >= 0.3 is 11.9 Å². The zero-order valence-electron chi connectivity index (χ0n) is 22.3. The summed E-state index contributed by atoms with van der Waals surface area (Å²) in [4.78, 5) is 22.7. The summed E-state index contributed by atoms with van der Waals surface area (Å²) in [7, 11) is 1.65. The number of fused-ring (bicyclic) bond motifs is 1. The molecule has 3 aromatic rings. The lowest BCUT2D eigenvalue weighted by Gasteiger charge is -2.43. The fourth-order valence-corrected chi connectivity index (χ4v) is 4.91. The quantitative estimate of drug-likeness (QED) is 0.188. The lowest BCUT2D eigenvalue weighted by Crippen LogP contribution is -2.43. The molecule has 1 heterocycles. The summed E-state index contributed by atoms with van der Waals surface area (Å²) < 4.78 is 24.0. The number of carboxylic acids is 1.